The summed E-state index contributed by atoms with van der Waals surface area (Å²) in [5.41, 5.74) is 0.725. The molecule has 0 radical (unpaired) electrons. The molecule has 3 rings (SSSR count). The molecule has 1 aromatic heterocycles. The van der Waals surface area contributed by atoms with E-state index in [-0.39, 0.29) is 25.8 Å². The molecule has 1 N–H and O–H groups in total. The van der Waals surface area contributed by atoms with Crippen LogP contribution in [0, 0.1) is 6.92 Å². The van der Waals surface area contributed by atoms with Crippen molar-refractivity contribution in [3.05, 3.63) is 46.2 Å². The van der Waals surface area contributed by atoms with Gasteiger partial charge in [0.25, 0.3) is 10.0 Å². The fourth-order valence-electron chi connectivity index (χ4n) is 2.93. The number of halogens is 2. The molecule has 1 saturated heterocycles. The van der Waals surface area contributed by atoms with Gasteiger partial charge in [0.05, 0.1) is 10.6 Å². The van der Waals surface area contributed by atoms with Crippen LogP contribution in [0.3, 0.4) is 0 Å². The molecule has 0 atom stereocenters. The quantitative estimate of drug-likeness (QED) is 0.682. The van der Waals surface area contributed by atoms with Crippen LogP contribution in [0.25, 0.3) is 0 Å². The molecule has 152 valence electrons. The number of rotatable bonds is 5. The van der Waals surface area contributed by atoms with Crippen LogP contribution in [-0.4, -0.2) is 39.2 Å². The average Bonchev–Trinajstić information content (AvgIpc) is 2.63. The van der Waals surface area contributed by atoms with Gasteiger partial charge in [-0.05, 0) is 49.6 Å². The van der Waals surface area contributed by atoms with Crippen LogP contribution in [0.2, 0.25) is 10.3 Å². The molecule has 28 heavy (non-hydrogen) atoms. The largest absolute Gasteiger partial charge is 0.279 e. The van der Waals surface area contributed by atoms with Crippen molar-refractivity contribution in [2.75, 3.05) is 17.8 Å². The minimum Gasteiger partial charge on any atom is -0.279 e. The summed E-state index contributed by atoms with van der Waals surface area (Å²) in [6.45, 7) is 2.60. The zero-order chi connectivity index (χ0) is 20.5. The van der Waals surface area contributed by atoms with Crippen LogP contribution in [0.15, 0.2) is 40.1 Å². The van der Waals surface area contributed by atoms with Gasteiger partial charge in [0.2, 0.25) is 10.0 Å². The summed E-state index contributed by atoms with van der Waals surface area (Å²) < 4.78 is 55.0. The van der Waals surface area contributed by atoms with Crippen LogP contribution in [0.4, 0.5) is 5.69 Å². The van der Waals surface area contributed by atoms with Crippen molar-refractivity contribution < 1.29 is 16.8 Å². The van der Waals surface area contributed by atoms with Gasteiger partial charge in [-0.1, -0.05) is 35.7 Å². The van der Waals surface area contributed by atoms with Gasteiger partial charge in [0.1, 0.15) is 10.0 Å². The molecule has 0 saturated carbocycles. The Labute approximate surface area is 174 Å². The number of hydrogen-bond acceptors (Lipinski definition) is 5. The summed E-state index contributed by atoms with van der Waals surface area (Å²) in [5, 5.41) is -0.204. The zero-order valence-corrected chi connectivity index (χ0v) is 18.2. The van der Waals surface area contributed by atoms with E-state index in [1.165, 1.54) is 28.6 Å². The van der Waals surface area contributed by atoms with Crippen LogP contribution in [0.5, 0.6) is 0 Å². The van der Waals surface area contributed by atoms with Gasteiger partial charge in [-0.2, -0.15) is 4.31 Å². The van der Waals surface area contributed by atoms with Crippen molar-refractivity contribution in [3.63, 3.8) is 0 Å². The highest BCUT2D eigenvalue weighted by atomic mass is 35.5. The van der Waals surface area contributed by atoms with Crippen molar-refractivity contribution in [2.45, 2.75) is 36.0 Å². The molecule has 1 aromatic carbocycles. The Kier molecular flexibility index (Phi) is 6.21. The SMILES string of the molecule is Cc1ccc(S(=O)(=O)N2CCCCC2)cc1NS(=O)(=O)c1ccc(Cl)nc1Cl. The Morgan fingerprint density at radius 1 is 1.00 bits per heavy atom. The Morgan fingerprint density at radius 3 is 2.32 bits per heavy atom. The Hall–Kier alpha value is -1.39. The highest BCUT2D eigenvalue weighted by Gasteiger charge is 2.27. The highest BCUT2D eigenvalue weighted by molar-refractivity contribution is 7.92. The van der Waals surface area contributed by atoms with Crippen LogP contribution < -0.4 is 4.72 Å². The lowest BCUT2D eigenvalue weighted by Gasteiger charge is -2.26. The van der Waals surface area contributed by atoms with Crippen molar-refractivity contribution in [2.24, 2.45) is 0 Å². The maximum absolute atomic E-state index is 12.9. The van der Waals surface area contributed by atoms with E-state index < -0.39 is 20.0 Å². The monoisotopic (exact) mass is 463 g/mol. The van der Waals surface area contributed by atoms with E-state index in [9.17, 15) is 16.8 Å². The molecule has 1 fully saturated rings. The molecular formula is C17H19Cl2N3O4S2. The first-order valence-corrected chi connectivity index (χ1v) is 12.2. The smallest absolute Gasteiger partial charge is 0.264 e. The van der Waals surface area contributed by atoms with Crippen LogP contribution in [-0.2, 0) is 20.0 Å². The number of nitrogens with zero attached hydrogens (tertiary/aromatic N) is 2. The predicted molar refractivity (Wildman–Crippen MR) is 109 cm³/mol. The third-order valence-corrected chi connectivity index (χ3v) is 8.38. The van der Waals surface area contributed by atoms with Crippen molar-refractivity contribution >= 4 is 48.9 Å². The average molecular weight is 464 g/mol. The number of pyridine rings is 1. The molecule has 1 aliphatic heterocycles. The fourth-order valence-corrected chi connectivity index (χ4v) is 6.25. The lowest BCUT2D eigenvalue weighted by molar-refractivity contribution is 0.346. The minimum absolute atomic E-state index is 0.0398. The fraction of sp³-hybridized carbons (Fsp3) is 0.353. The summed E-state index contributed by atoms with van der Waals surface area (Å²) in [7, 11) is -7.77. The molecule has 0 amide bonds. The van der Waals surface area contributed by atoms with Crippen molar-refractivity contribution in [1.29, 1.82) is 0 Å². The van der Waals surface area contributed by atoms with Crippen molar-refractivity contribution in [3.8, 4) is 0 Å². The third-order valence-electron chi connectivity index (χ3n) is 4.48. The molecule has 0 aliphatic carbocycles. The number of piperidine rings is 1. The van der Waals surface area contributed by atoms with Gasteiger partial charge in [-0.15, -0.1) is 0 Å². The number of benzene rings is 1. The van der Waals surface area contributed by atoms with Crippen LogP contribution in [0.1, 0.15) is 24.8 Å². The maximum Gasteiger partial charge on any atom is 0.264 e. The Balaban J connectivity index is 1.95. The molecule has 1 aliphatic rings. The molecule has 11 heteroatoms. The number of hydrogen-bond donors (Lipinski definition) is 1. The summed E-state index contributed by atoms with van der Waals surface area (Å²) in [6, 6.07) is 6.92. The van der Waals surface area contributed by atoms with E-state index in [0.717, 1.165) is 19.3 Å². The molecule has 0 spiro atoms. The second kappa shape index (κ2) is 8.16. The second-order valence-corrected chi connectivity index (χ2v) is 10.8. The number of nitrogens with one attached hydrogen (secondary N) is 1. The number of anilines is 1. The summed E-state index contributed by atoms with van der Waals surface area (Å²) in [4.78, 5) is 3.52. The lowest BCUT2D eigenvalue weighted by atomic mass is 10.2. The molecule has 0 bridgehead atoms. The topological polar surface area (TPSA) is 96.4 Å². The first-order valence-electron chi connectivity index (χ1n) is 8.57. The van der Waals surface area contributed by atoms with Gasteiger partial charge in [0.15, 0.2) is 5.15 Å². The summed E-state index contributed by atoms with van der Waals surface area (Å²) in [6.07, 6.45) is 2.63. The third kappa shape index (κ3) is 4.44. The summed E-state index contributed by atoms with van der Waals surface area (Å²) in [5.74, 6) is 0. The molecule has 2 heterocycles. The number of sulfonamides is 2. The van der Waals surface area contributed by atoms with Gasteiger partial charge in [-0.3, -0.25) is 4.72 Å². The Morgan fingerprint density at radius 2 is 1.68 bits per heavy atom. The first-order chi connectivity index (χ1) is 13.1. The van der Waals surface area contributed by atoms with Crippen molar-refractivity contribution in [1.82, 2.24) is 9.29 Å². The maximum atomic E-state index is 12.9. The van der Waals surface area contributed by atoms with E-state index in [2.05, 4.69) is 9.71 Å². The standard InChI is InChI=1S/C17H19Cl2N3O4S2/c1-12-5-6-13(28(25,26)22-9-3-2-4-10-22)11-14(12)21-27(23,24)15-7-8-16(18)20-17(15)19/h5-8,11,21H,2-4,9-10H2,1H3. The highest BCUT2D eigenvalue weighted by Crippen LogP contribution is 2.28. The minimum atomic E-state index is -4.08. The van der Waals surface area contributed by atoms with E-state index >= 15 is 0 Å². The molecule has 2 aromatic rings. The van der Waals surface area contributed by atoms with E-state index in [0.29, 0.717) is 18.7 Å². The molecular weight excluding hydrogens is 445 g/mol. The van der Waals surface area contributed by atoms with Gasteiger partial charge in [-0.25, -0.2) is 21.8 Å². The second-order valence-electron chi connectivity index (χ2n) is 6.47. The lowest BCUT2D eigenvalue weighted by Crippen LogP contribution is -2.35. The van der Waals surface area contributed by atoms with E-state index in [1.807, 2.05) is 0 Å². The molecule has 7 nitrogen and oxygen atoms in total. The Bertz CT molecular complexity index is 1100. The number of aromatic nitrogens is 1. The van der Waals surface area contributed by atoms with E-state index in [4.69, 9.17) is 23.2 Å². The van der Waals surface area contributed by atoms with Crippen LogP contribution >= 0.6 is 23.2 Å². The van der Waals surface area contributed by atoms with E-state index in [1.54, 1.807) is 13.0 Å². The predicted octanol–water partition coefficient (Wildman–Crippen LogP) is 3.67. The van der Waals surface area contributed by atoms with Gasteiger partial charge in [0, 0.05) is 13.1 Å². The zero-order valence-electron chi connectivity index (χ0n) is 15.0. The van der Waals surface area contributed by atoms with Gasteiger partial charge >= 0.3 is 0 Å². The van der Waals surface area contributed by atoms with Gasteiger partial charge < -0.3 is 0 Å². The molecule has 0 unspecified atom stereocenters. The first kappa shape index (κ1) is 21.3. The summed E-state index contributed by atoms with van der Waals surface area (Å²) >= 11 is 11.6. The normalized spacial score (nSPS) is 16.1. The number of aryl methyl sites for hydroxylation is 1.